The lowest BCUT2D eigenvalue weighted by atomic mass is 9.72. The van der Waals surface area contributed by atoms with Crippen LogP contribution in [0.15, 0.2) is 114 Å². The smallest absolute Gasteiger partial charge is 0.404 e. The van der Waals surface area contributed by atoms with Crippen molar-refractivity contribution in [3.05, 3.63) is 131 Å². The molecule has 310 valence electrons. The summed E-state index contributed by atoms with van der Waals surface area (Å²) >= 11 is 1.54. The Kier molecular flexibility index (Phi) is 15.3. The first-order chi connectivity index (χ1) is 27.9. The van der Waals surface area contributed by atoms with Gasteiger partial charge in [-0.2, -0.15) is 0 Å². The summed E-state index contributed by atoms with van der Waals surface area (Å²) in [4.78, 5) is 31.2. The molecule has 5 atom stereocenters. The Bertz CT molecular complexity index is 1930. The zero-order valence-corrected chi connectivity index (χ0v) is 35.8. The highest BCUT2D eigenvalue weighted by molar-refractivity contribution is 7.99. The predicted octanol–water partition coefficient (Wildman–Crippen LogP) is 8.96. The van der Waals surface area contributed by atoms with E-state index in [1.54, 1.807) is 36.9 Å². The third-order valence-corrected chi connectivity index (χ3v) is 13.3. The van der Waals surface area contributed by atoms with Gasteiger partial charge in [0.1, 0.15) is 5.75 Å². The minimum absolute atomic E-state index is 0.0120. The maximum Gasteiger partial charge on any atom is 0.530 e. The summed E-state index contributed by atoms with van der Waals surface area (Å²) in [5.41, 5.74) is 1.93. The number of benzene rings is 4. The zero-order valence-electron chi connectivity index (χ0n) is 34.0. The highest BCUT2D eigenvalue weighted by atomic mass is 32.2. The number of rotatable bonds is 17. The third kappa shape index (κ3) is 12.5. The fourth-order valence-corrected chi connectivity index (χ4v) is 10.1. The van der Waals surface area contributed by atoms with Gasteiger partial charge in [-0.1, -0.05) is 104 Å². The van der Waals surface area contributed by atoms with Crippen molar-refractivity contribution in [2.45, 2.75) is 102 Å². The van der Waals surface area contributed by atoms with Crippen molar-refractivity contribution in [2.75, 3.05) is 18.8 Å². The topological polar surface area (TPSA) is 126 Å². The first-order valence-electron chi connectivity index (χ1n) is 20.3. The molecule has 2 aliphatic rings. The number of amides is 2. The lowest BCUT2D eigenvalue weighted by molar-refractivity contribution is -0.132. The summed E-state index contributed by atoms with van der Waals surface area (Å²) in [5.74, 6) is 1.09. The van der Waals surface area contributed by atoms with Crippen LogP contribution in [-0.2, 0) is 31.6 Å². The molecule has 1 aliphatic carbocycles. The number of thioether (sulfide) groups is 1. The van der Waals surface area contributed by atoms with Crippen molar-refractivity contribution in [3.8, 4) is 5.75 Å². The Hall–Kier alpha value is -3.96. The number of phosphoric ester groups is 1. The van der Waals surface area contributed by atoms with Crippen LogP contribution in [-0.4, -0.2) is 64.4 Å². The van der Waals surface area contributed by atoms with Gasteiger partial charge in [-0.05, 0) is 87.8 Å². The molecule has 3 N–H and O–H groups in total. The van der Waals surface area contributed by atoms with E-state index in [4.69, 9.17) is 13.6 Å². The average Bonchev–Trinajstić information content (AvgIpc) is 3.22. The molecule has 4 aromatic carbocycles. The third-order valence-electron chi connectivity index (χ3n) is 10.9. The van der Waals surface area contributed by atoms with Crippen LogP contribution < -0.4 is 15.2 Å². The van der Waals surface area contributed by atoms with Gasteiger partial charge in [0.25, 0.3) is 5.91 Å². The van der Waals surface area contributed by atoms with Gasteiger partial charge in [-0.15, -0.1) is 11.8 Å². The summed E-state index contributed by atoms with van der Waals surface area (Å²) in [6.07, 6.45) is 4.39. The number of hydrogen-bond donors (Lipinski definition) is 3. The van der Waals surface area contributed by atoms with Crippen LogP contribution >= 0.6 is 19.6 Å². The van der Waals surface area contributed by atoms with Gasteiger partial charge >= 0.3 is 7.82 Å². The molecule has 58 heavy (non-hydrogen) atoms. The van der Waals surface area contributed by atoms with E-state index in [0.29, 0.717) is 28.7 Å². The van der Waals surface area contributed by atoms with Crippen LogP contribution in [0.5, 0.6) is 5.75 Å². The Morgan fingerprint density at radius 1 is 0.845 bits per heavy atom. The standard InChI is InChI=1S/C46H58N3O7PS/c1-33-39(25-16-26-43(33)56-57(53,54-30-34-17-8-5-9-18-34)55-31-35-19-10-6-11-20-35)44(51)47-40(32-58-38-23-12-7-13-24-38)42(50)29-49-28-37-22-15-14-21-36(37)27-41(49)45(52)48-46(2,3)4/h5-13,16-20,23-26,36-37,40-42,50H,14-15,21-22,27-32H2,1-4H3,(H,47,51)(H,48,52)/t36?,37?,40?,41-,42?/m0/s1. The molecule has 6 rings (SSSR count). The Morgan fingerprint density at radius 2 is 1.43 bits per heavy atom. The van der Waals surface area contributed by atoms with E-state index in [2.05, 4.69) is 15.5 Å². The van der Waals surface area contributed by atoms with Crippen LogP contribution in [0.3, 0.4) is 0 Å². The number of piperidine rings is 1. The van der Waals surface area contributed by atoms with Gasteiger partial charge in [0, 0.05) is 40.4 Å². The van der Waals surface area contributed by atoms with Crippen molar-refractivity contribution in [1.82, 2.24) is 15.5 Å². The molecule has 0 spiro atoms. The molecular weight excluding hydrogens is 770 g/mol. The van der Waals surface area contributed by atoms with E-state index in [0.717, 1.165) is 41.8 Å². The number of hydrogen-bond acceptors (Lipinski definition) is 9. The van der Waals surface area contributed by atoms with E-state index >= 15 is 0 Å². The number of aliphatic hydroxyl groups is 1. The molecule has 1 saturated carbocycles. The fraction of sp³-hybridized carbons (Fsp3) is 0.435. The van der Waals surface area contributed by atoms with Crippen LogP contribution in [0, 0.1) is 18.8 Å². The summed E-state index contributed by atoms with van der Waals surface area (Å²) < 4.78 is 32.0. The monoisotopic (exact) mass is 827 g/mol. The van der Waals surface area contributed by atoms with E-state index in [9.17, 15) is 19.3 Å². The number of carbonyl (C=O) groups excluding carboxylic acids is 2. The molecule has 0 radical (unpaired) electrons. The maximum atomic E-state index is 14.2. The molecule has 2 amide bonds. The molecule has 10 nitrogen and oxygen atoms in total. The molecular formula is C46H58N3O7PS. The van der Waals surface area contributed by atoms with Crippen molar-refractivity contribution in [1.29, 1.82) is 0 Å². The summed E-state index contributed by atoms with van der Waals surface area (Å²) in [5, 5.41) is 18.4. The van der Waals surface area contributed by atoms with Crippen molar-refractivity contribution in [3.63, 3.8) is 0 Å². The Morgan fingerprint density at radius 3 is 2.03 bits per heavy atom. The average molecular weight is 828 g/mol. The molecule has 1 saturated heterocycles. The molecule has 0 aromatic heterocycles. The van der Waals surface area contributed by atoms with Crippen LogP contribution in [0.2, 0.25) is 0 Å². The number of likely N-dealkylation sites (tertiary alicyclic amines) is 1. The normalized spacial score (nSPS) is 19.7. The van der Waals surface area contributed by atoms with Gasteiger partial charge in [0.05, 0.1) is 31.4 Å². The number of nitrogens with one attached hydrogen (secondary N) is 2. The first-order valence-corrected chi connectivity index (χ1v) is 22.8. The van der Waals surface area contributed by atoms with Gasteiger partial charge in [0.15, 0.2) is 0 Å². The fourth-order valence-electron chi connectivity index (χ4n) is 7.82. The van der Waals surface area contributed by atoms with E-state index in [1.165, 1.54) is 12.8 Å². The first kappa shape index (κ1) is 43.6. The maximum absolute atomic E-state index is 14.2. The number of β-amino-alcohol motifs (C(OH)–C–C–N with tert-alkyl or cyclic N) is 1. The van der Waals surface area contributed by atoms with E-state index < -0.39 is 25.9 Å². The second-order valence-corrected chi connectivity index (χ2v) is 19.2. The van der Waals surface area contributed by atoms with E-state index in [1.807, 2.05) is 112 Å². The van der Waals surface area contributed by atoms with Crippen molar-refractivity contribution in [2.24, 2.45) is 11.8 Å². The lowest BCUT2D eigenvalue weighted by Crippen LogP contribution is -2.60. The van der Waals surface area contributed by atoms with Crippen LogP contribution in [0.1, 0.15) is 79.9 Å². The molecule has 1 heterocycles. The van der Waals surface area contributed by atoms with E-state index in [-0.39, 0.29) is 43.0 Å². The zero-order chi connectivity index (χ0) is 41.1. The van der Waals surface area contributed by atoms with Gasteiger partial charge in [-0.3, -0.25) is 23.5 Å². The number of nitrogens with zero attached hydrogens (tertiary/aromatic N) is 1. The SMILES string of the molecule is Cc1c(OP(=O)(OCc2ccccc2)OCc2ccccc2)cccc1C(=O)NC(CSc1ccccc1)C(O)CN1CC2CCCCC2C[C@H]1C(=O)NC(C)(C)C. The van der Waals surface area contributed by atoms with Crippen LogP contribution in [0.4, 0.5) is 0 Å². The highest BCUT2D eigenvalue weighted by Gasteiger charge is 2.42. The summed E-state index contributed by atoms with van der Waals surface area (Å²) in [6, 6.07) is 32.5. The van der Waals surface area contributed by atoms with Crippen LogP contribution in [0.25, 0.3) is 0 Å². The second-order valence-electron chi connectivity index (χ2n) is 16.5. The molecule has 1 aliphatic heterocycles. The Labute approximate surface area is 348 Å². The minimum Gasteiger partial charge on any atom is -0.404 e. The molecule has 2 fully saturated rings. The van der Waals surface area contributed by atoms with Crippen molar-refractivity contribution >= 4 is 31.4 Å². The molecule has 4 aromatic rings. The second kappa shape index (κ2) is 20.3. The summed E-state index contributed by atoms with van der Waals surface area (Å²) in [7, 11) is -4.21. The summed E-state index contributed by atoms with van der Waals surface area (Å²) in [6.45, 7) is 8.61. The Balaban J connectivity index is 1.21. The number of phosphoric acid groups is 1. The highest BCUT2D eigenvalue weighted by Crippen LogP contribution is 2.52. The van der Waals surface area contributed by atoms with Gasteiger partial charge in [-0.25, -0.2) is 4.57 Å². The van der Waals surface area contributed by atoms with Gasteiger partial charge in [0.2, 0.25) is 5.91 Å². The minimum atomic E-state index is -4.21. The van der Waals surface area contributed by atoms with Gasteiger partial charge < -0.3 is 20.3 Å². The largest absolute Gasteiger partial charge is 0.530 e. The van der Waals surface area contributed by atoms with Crippen molar-refractivity contribution < 1.29 is 32.8 Å². The number of aliphatic hydroxyl groups excluding tert-OH is 1. The number of carbonyl (C=O) groups is 2. The quantitative estimate of drug-likeness (QED) is 0.0707. The molecule has 0 bridgehead atoms. The molecule has 4 unspecified atom stereocenters. The number of fused-ring (bicyclic) bond motifs is 1. The molecule has 12 heteroatoms. The lowest BCUT2D eigenvalue weighted by Gasteiger charge is -2.47. The predicted molar refractivity (Wildman–Crippen MR) is 230 cm³/mol.